The Bertz CT molecular complexity index is 716. The Morgan fingerprint density at radius 2 is 1.92 bits per heavy atom. The number of carbonyl (C=O) groups excluding carboxylic acids is 1. The third kappa shape index (κ3) is 4.92. The van der Waals surface area contributed by atoms with Crippen LogP contribution < -0.4 is 10.2 Å². The van der Waals surface area contributed by atoms with Crippen LogP contribution in [-0.2, 0) is 0 Å². The molecule has 1 heterocycles. The average Bonchev–Trinajstić information content (AvgIpc) is 2.63. The predicted molar refractivity (Wildman–Crippen MR) is 106 cm³/mol. The van der Waals surface area contributed by atoms with Gasteiger partial charge in [0.1, 0.15) is 5.82 Å². The molecule has 132 valence electrons. The number of rotatable bonds is 8. The van der Waals surface area contributed by atoms with Crippen molar-refractivity contribution in [1.82, 2.24) is 4.98 Å². The Morgan fingerprint density at radius 1 is 1.20 bits per heavy atom. The minimum atomic E-state index is -0.152. The van der Waals surface area contributed by atoms with Gasteiger partial charge in [-0.2, -0.15) is 0 Å². The molecule has 1 aromatic carbocycles. The van der Waals surface area contributed by atoms with Crippen molar-refractivity contribution in [2.45, 2.75) is 33.6 Å². The van der Waals surface area contributed by atoms with Crippen molar-refractivity contribution in [2.24, 2.45) is 0 Å². The fourth-order valence-electron chi connectivity index (χ4n) is 2.68. The lowest BCUT2D eigenvalue weighted by molar-refractivity contribution is 0.102. The fraction of sp³-hybridized carbons (Fsp3) is 0.333. The fourth-order valence-corrected chi connectivity index (χ4v) is 2.68. The summed E-state index contributed by atoms with van der Waals surface area (Å²) in [6, 6.07) is 9.63. The van der Waals surface area contributed by atoms with Crippen molar-refractivity contribution in [2.75, 3.05) is 23.3 Å². The molecule has 1 N–H and O–H groups in total. The smallest absolute Gasteiger partial charge is 0.257 e. The summed E-state index contributed by atoms with van der Waals surface area (Å²) in [4.78, 5) is 19.2. The molecule has 0 aliphatic rings. The van der Waals surface area contributed by atoms with E-state index in [-0.39, 0.29) is 5.91 Å². The maximum Gasteiger partial charge on any atom is 0.257 e. The van der Waals surface area contributed by atoms with Gasteiger partial charge in [-0.25, -0.2) is 4.98 Å². The zero-order valence-electron chi connectivity index (χ0n) is 15.4. The highest BCUT2D eigenvalue weighted by Crippen LogP contribution is 2.19. The molecule has 0 saturated carbocycles. The number of nitrogens with one attached hydrogen (secondary N) is 1. The van der Waals surface area contributed by atoms with Crippen LogP contribution in [0.2, 0.25) is 0 Å². The van der Waals surface area contributed by atoms with Crippen LogP contribution in [0.5, 0.6) is 0 Å². The SMILES string of the molecule is C=Cc1ccc(C)c(NC(=O)c2ccc(N(CCC)CCC)nc2)c1. The number of hydrogen-bond donors (Lipinski definition) is 1. The largest absolute Gasteiger partial charge is 0.357 e. The summed E-state index contributed by atoms with van der Waals surface area (Å²) in [6.07, 6.45) is 5.56. The lowest BCUT2D eigenvalue weighted by atomic mass is 10.1. The first-order valence-corrected chi connectivity index (χ1v) is 8.84. The second-order valence-corrected chi connectivity index (χ2v) is 6.12. The van der Waals surface area contributed by atoms with Gasteiger partial charge in [0.25, 0.3) is 5.91 Å². The van der Waals surface area contributed by atoms with Crippen molar-refractivity contribution in [3.63, 3.8) is 0 Å². The molecule has 0 aliphatic carbocycles. The quantitative estimate of drug-likeness (QED) is 0.744. The van der Waals surface area contributed by atoms with Crippen LogP contribution in [0.15, 0.2) is 43.1 Å². The summed E-state index contributed by atoms with van der Waals surface area (Å²) in [6.45, 7) is 12.0. The summed E-state index contributed by atoms with van der Waals surface area (Å²) < 4.78 is 0. The first-order valence-electron chi connectivity index (χ1n) is 8.84. The standard InChI is InChI=1S/C21H27N3O/c1-5-12-24(13-6-2)20-11-10-18(15-22-20)21(25)23-19-14-17(7-3)9-8-16(19)4/h7-11,14-15H,3,5-6,12-13H2,1-2,4H3,(H,23,25). The molecule has 2 rings (SSSR count). The molecule has 4 heteroatoms. The molecule has 4 nitrogen and oxygen atoms in total. The average molecular weight is 337 g/mol. The Morgan fingerprint density at radius 3 is 2.48 bits per heavy atom. The molecule has 1 amide bonds. The summed E-state index contributed by atoms with van der Waals surface area (Å²) >= 11 is 0. The molecule has 0 atom stereocenters. The van der Waals surface area contributed by atoms with E-state index in [1.54, 1.807) is 12.3 Å². The van der Waals surface area contributed by atoms with Crippen molar-refractivity contribution in [3.8, 4) is 0 Å². The van der Waals surface area contributed by atoms with E-state index in [9.17, 15) is 4.79 Å². The van der Waals surface area contributed by atoms with E-state index < -0.39 is 0 Å². The normalized spacial score (nSPS) is 10.4. The minimum absolute atomic E-state index is 0.152. The van der Waals surface area contributed by atoms with Crippen LogP contribution in [0, 0.1) is 6.92 Å². The van der Waals surface area contributed by atoms with E-state index in [1.807, 2.05) is 37.3 Å². The number of benzene rings is 1. The predicted octanol–water partition coefficient (Wildman–Crippen LogP) is 4.91. The summed E-state index contributed by atoms with van der Waals surface area (Å²) in [7, 11) is 0. The van der Waals surface area contributed by atoms with Gasteiger partial charge in [-0.3, -0.25) is 4.79 Å². The number of carbonyl (C=O) groups is 1. The van der Waals surface area contributed by atoms with E-state index >= 15 is 0 Å². The van der Waals surface area contributed by atoms with Crippen LogP contribution in [0.3, 0.4) is 0 Å². The number of pyridine rings is 1. The zero-order chi connectivity index (χ0) is 18.2. The van der Waals surface area contributed by atoms with Gasteiger partial charge in [0, 0.05) is 25.0 Å². The molecule has 0 radical (unpaired) electrons. The lowest BCUT2D eigenvalue weighted by Gasteiger charge is -2.22. The van der Waals surface area contributed by atoms with Crippen molar-refractivity contribution in [3.05, 3.63) is 59.8 Å². The third-order valence-corrected chi connectivity index (χ3v) is 4.07. The first kappa shape index (κ1) is 18.7. The molecule has 2 aromatic rings. The van der Waals surface area contributed by atoms with E-state index in [0.717, 1.165) is 48.6 Å². The van der Waals surface area contributed by atoms with Gasteiger partial charge in [0.2, 0.25) is 0 Å². The van der Waals surface area contributed by atoms with Crippen molar-refractivity contribution >= 4 is 23.5 Å². The Hall–Kier alpha value is -2.62. The highest BCUT2D eigenvalue weighted by atomic mass is 16.1. The number of amides is 1. The molecule has 1 aromatic heterocycles. The van der Waals surface area contributed by atoms with Crippen LogP contribution in [-0.4, -0.2) is 24.0 Å². The van der Waals surface area contributed by atoms with Crippen LogP contribution >= 0.6 is 0 Å². The van der Waals surface area contributed by atoms with Crippen LogP contribution in [0.4, 0.5) is 11.5 Å². The zero-order valence-corrected chi connectivity index (χ0v) is 15.4. The van der Waals surface area contributed by atoms with Gasteiger partial charge >= 0.3 is 0 Å². The third-order valence-electron chi connectivity index (χ3n) is 4.07. The number of nitrogens with zero attached hydrogens (tertiary/aromatic N) is 2. The molecule has 0 spiro atoms. The first-order chi connectivity index (χ1) is 12.1. The van der Waals surface area contributed by atoms with Gasteiger partial charge in [-0.1, -0.05) is 38.6 Å². The summed E-state index contributed by atoms with van der Waals surface area (Å²) in [5, 5.41) is 2.96. The van der Waals surface area contributed by atoms with Crippen LogP contribution in [0.1, 0.15) is 48.2 Å². The molecular weight excluding hydrogens is 310 g/mol. The Kier molecular flexibility index (Phi) is 6.75. The highest BCUT2D eigenvalue weighted by molar-refractivity contribution is 6.04. The molecule has 25 heavy (non-hydrogen) atoms. The lowest BCUT2D eigenvalue weighted by Crippen LogP contribution is -2.26. The maximum atomic E-state index is 12.5. The Balaban J connectivity index is 2.13. The van der Waals surface area contributed by atoms with E-state index in [1.165, 1.54) is 0 Å². The molecule has 0 aliphatic heterocycles. The molecule has 0 saturated heterocycles. The summed E-state index contributed by atoms with van der Waals surface area (Å²) in [5.74, 6) is 0.769. The van der Waals surface area contributed by atoms with E-state index in [2.05, 4.69) is 35.6 Å². The second kappa shape index (κ2) is 9.02. The van der Waals surface area contributed by atoms with Gasteiger partial charge in [-0.15, -0.1) is 0 Å². The van der Waals surface area contributed by atoms with E-state index in [4.69, 9.17) is 0 Å². The van der Waals surface area contributed by atoms with Crippen LogP contribution in [0.25, 0.3) is 6.08 Å². The molecule has 0 bridgehead atoms. The summed E-state index contributed by atoms with van der Waals surface area (Å²) in [5.41, 5.74) is 3.34. The maximum absolute atomic E-state index is 12.5. The molecular formula is C21H27N3O. The van der Waals surface area contributed by atoms with Gasteiger partial charge in [0.05, 0.1) is 5.56 Å². The minimum Gasteiger partial charge on any atom is -0.357 e. The van der Waals surface area contributed by atoms with Crippen molar-refractivity contribution < 1.29 is 4.79 Å². The monoisotopic (exact) mass is 337 g/mol. The Labute approximate surface area is 150 Å². The number of anilines is 2. The second-order valence-electron chi connectivity index (χ2n) is 6.12. The highest BCUT2D eigenvalue weighted by Gasteiger charge is 2.11. The number of aromatic nitrogens is 1. The number of aryl methyl sites for hydroxylation is 1. The van der Waals surface area contributed by atoms with E-state index in [0.29, 0.717) is 5.56 Å². The van der Waals surface area contributed by atoms with Crippen molar-refractivity contribution in [1.29, 1.82) is 0 Å². The van der Waals surface area contributed by atoms with Gasteiger partial charge < -0.3 is 10.2 Å². The molecule has 0 fully saturated rings. The topological polar surface area (TPSA) is 45.2 Å². The molecule has 0 unspecified atom stereocenters. The van der Waals surface area contributed by atoms with Gasteiger partial charge in [0.15, 0.2) is 0 Å². The van der Waals surface area contributed by atoms with Gasteiger partial charge in [-0.05, 0) is 49.1 Å². The number of hydrogen-bond acceptors (Lipinski definition) is 3.